The highest BCUT2D eigenvalue weighted by atomic mass is 35.5. The molecule has 18 heavy (non-hydrogen) atoms. The van der Waals surface area contributed by atoms with Crippen molar-refractivity contribution in [3.05, 3.63) is 35.9 Å². The number of benzene rings is 1. The zero-order chi connectivity index (χ0) is 12.8. The van der Waals surface area contributed by atoms with Crippen molar-refractivity contribution < 1.29 is 9.53 Å². The number of carbonyl (C=O) groups excluding carboxylic acids is 1. The van der Waals surface area contributed by atoms with Gasteiger partial charge >= 0.3 is 6.09 Å². The van der Waals surface area contributed by atoms with Crippen molar-refractivity contribution in [1.29, 1.82) is 0 Å². The number of likely N-dealkylation sites (tertiary alicyclic amines) is 1. The minimum Gasteiger partial charge on any atom is -0.445 e. The summed E-state index contributed by atoms with van der Waals surface area (Å²) in [4.78, 5) is 13.7. The van der Waals surface area contributed by atoms with Gasteiger partial charge in [0.05, 0.1) is 0 Å². The third-order valence-corrected chi connectivity index (χ3v) is 3.60. The van der Waals surface area contributed by atoms with Gasteiger partial charge in [0.25, 0.3) is 0 Å². The molecule has 1 atom stereocenters. The summed E-state index contributed by atoms with van der Waals surface area (Å²) < 4.78 is 5.33. The molecule has 0 aliphatic carbocycles. The molecule has 2 rings (SSSR count). The highest BCUT2D eigenvalue weighted by Crippen LogP contribution is 2.19. The van der Waals surface area contributed by atoms with Gasteiger partial charge in [0.1, 0.15) is 6.61 Å². The van der Waals surface area contributed by atoms with E-state index < -0.39 is 0 Å². The number of hydrogen-bond acceptors (Lipinski definition) is 2. The second kappa shape index (κ2) is 6.64. The lowest BCUT2D eigenvalue weighted by Crippen LogP contribution is -2.44. The maximum absolute atomic E-state index is 12.0. The van der Waals surface area contributed by atoms with Crippen LogP contribution in [0.25, 0.3) is 0 Å². The summed E-state index contributed by atoms with van der Waals surface area (Å²) in [5, 5.41) is 0. The molecule has 1 aliphatic heterocycles. The first-order chi connectivity index (χ1) is 8.81. The molecular weight excluding hydrogens is 250 g/mol. The van der Waals surface area contributed by atoms with Gasteiger partial charge in [-0.1, -0.05) is 30.3 Å². The molecule has 0 spiro atoms. The topological polar surface area (TPSA) is 29.5 Å². The summed E-state index contributed by atoms with van der Waals surface area (Å²) in [5.41, 5.74) is 1.00. The van der Waals surface area contributed by atoms with Crippen molar-refractivity contribution in [2.45, 2.75) is 31.9 Å². The molecule has 4 heteroatoms. The number of halogens is 1. The van der Waals surface area contributed by atoms with Crippen LogP contribution in [0.2, 0.25) is 0 Å². The number of ether oxygens (including phenoxy) is 1. The molecule has 98 valence electrons. The van der Waals surface area contributed by atoms with Crippen molar-refractivity contribution in [3.63, 3.8) is 0 Å². The van der Waals surface area contributed by atoms with Gasteiger partial charge in [-0.3, -0.25) is 0 Å². The second-order valence-corrected chi connectivity index (χ2v) is 4.85. The summed E-state index contributed by atoms with van der Waals surface area (Å²) in [6, 6.07) is 9.84. The molecule has 0 bridgehead atoms. The van der Waals surface area contributed by atoms with Gasteiger partial charge in [0.2, 0.25) is 0 Å². The molecule has 1 amide bonds. The van der Waals surface area contributed by atoms with E-state index in [4.69, 9.17) is 16.3 Å². The summed E-state index contributed by atoms with van der Waals surface area (Å²) in [6.45, 7) is 1.08. The molecule has 0 radical (unpaired) electrons. The standard InChI is InChI=1S/C14H18ClNO2/c15-10-13-8-4-5-9-16(13)14(17)18-11-12-6-2-1-3-7-12/h1-3,6-7,13H,4-5,8-11H2/t13-/m1/s1. The average Bonchev–Trinajstić information content (AvgIpc) is 2.45. The van der Waals surface area contributed by atoms with E-state index in [1.807, 2.05) is 30.3 Å². The number of carbonyl (C=O) groups is 1. The Bertz CT molecular complexity index is 383. The van der Waals surface area contributed by atoms with Crippen LogP contribution >= 0.6 is 11.6 Å². The lowest BCUT2D eigenvalue weighted by atomic mass is 10.0. The summed E-state index contributed by atoms with van der Waals surface area (Å²) in [7, 11) is 0. The second-order valence-electron chi connectivity index (χ2n) is 4.54. The third-order valence-electron chi connectivity index (χ3n) is 3.24. The molecule has 1 aromatic carbocycles. The van der Waals surface area contributed by atoms with E-state index in [2.05, 4.69) is 0 Å². The monoisotopic (exact) mass is 267 g/mol. The van der Waals surface area contributed by atoms with Gasteiger partial charge in [0.15, 0.2) is 0 Å². The van der Waals surface area contributed by atoms with Crippen molar-refractivity contribution in [2.75, 3.05) is 12.4 Å². The van der Waals surface area contributed by atoms with Gasteiger partial charge in [-0.15, -0.1) is 11.6 Å². The van der Waals surface area contributed by atoms with Crippen LogP contribution in [0, 0.1) is 0 Å². The van der Waals surface area contributed by atoms with Crippen molar-refractivity contribution in [2.24, 2.45) is 0 Å². The molecule has 1 heterocycles. The van der Waals surface area contributed by atoms with Crippen LogP contribution in [-0.4, -0.2) is 29.5 Å². The Kier molecular flexibility index (Phi) is 4.88. The SMILES string of the molecule is O=C(OCc1ccccc1)N1CCCC[C@@H]1CCl. The van der Waals surface area contributed by atoms with E-state index in [-0.39, 0.29) is 12.1 Å². The number of piperidine rings is 1. The normalized spacial score (nSPS) is 19.6. The smallest absolute Gasteiger partial charge is 0.410 e. The Hall–Kier alpha value is -1.22. The Balaban J connectivity index is 1.87. The van der Waals surface area contributed by atoms with Crippen molar-refractivity contribution in [1.82, 2.24) is 4.90 Å². The Labute approximate surface area is 113 Å². The van der Waals surface area contributed by atoms with E-state index >= 15 is 0 Å². The first-order valence-corrected chi connectivity index (χ1v) is 6.88. The highest BCUT2D eigenvalue weighted by Gasteiger charge is 2.26. The minimum absolute atomic E-state index is 0.128. The first-order valence-electron chi connectivity index (χ1n) is 6.34. The fourth-order valence-electron chi connectivity index (χ4n) is 2.20. The van der Waals surface area contributed by atoms with Crippen LogP contribution < -0.4 is 0 Å². The number of rotatable bonds is 3. The highest BCUT2D eigenvalue weighted by molar-refractivity contribution is 6.18. The molecule has 1 saturated heterocycles. The van der Waals surface area contributed by atoms with Crippen LogP contribution in [0.15, 0.2) is 30.3 Å². The number of nitrogens with zero attached hydrogens (tertiary/aromatic N) is 1. The predicted octanol–water partition coefficient (Wildman–Crippen LogP) is 3.42. The quantitative estimate of drug-likeness (QED) is 0.786. The summed E-state index contributed by atoms with van der Waals surface area (Å²) >= 11 is 5.89. The molecule has 0 aromatic heterocycles. The summed E-state index contributed by atoms with van der Waals surface area (Å²) in [5.74, 6) is 0.487. The van der Waals surface area contributed by atoms with Crippen LogP contribution in [0.4, 0.5) is 4.79 Å². The molecule has 0 N–H and O–H groups in total. The van der Waals surface area contributed by atoms with Gasteiger partial charge < -0.3 is 9.64 Å². The van der Waals surface area contributed by atoms with Crippen LogP contribution in [0.3, 0.4) is 0 Å². The first kappa shape index (κ1) is 13.2. The zero-order valence-corrected chi connectivity index (χ0v) is 11.1. The maximum atomic E-state index is 12.0. The Morgan fingerprint density at radius 3 is 2.83 bits per heavy atom. The largest absolute Gasteiger partial charge is 0.445 e. The third kappa shape index (κ3) is 3.39. The van der Waals surface area contributed by atoms with Crippen LogP contribution in [0.1, 0.15) is 24.8 Å². The maximum Gasteiger partial charge on any atom is 0.410 e. The van der Waals surface area contributed by atoms with Gasteiger partial charge in [-0.2, -0.15) is 0 Å². The zero-order valence-electron chi connectivity index (χ0n) is 10.3. The Morgan fingerprint density at radius 2 is 2.11 bits per heavy atom. The van der Waals surface area contributed by atoms with Gasteiger partial charge in [-0.25, -0.2) is 4.79 Å². The van der Waals surface area contributed by atoms with Crippen molar-refractivity contribution in [3.8, 4) is 0 Å². The molecular formula is C14H18ClNO2. The molecule has 1 fully saturated rings. The van der Waals surface area contributed by atoms with Crippen LogP contribution in [-0.2, 0) is 11.3 Å². The molecule has 1 aromatic rings. The molecule has 3 nitrogen and oxygen atoms in total. The van der Waals surface area contributed by atoms with E-state index in [1.54, 1.807) is 4.90 Å². The van der Waals surface area contributed by atoms with Crippen molar-refractivity contribution >= 4 is 17.7 Å². The van der Waals surface area contributed by atoms with E-state index in [1.165, 1.54) is 0 Å². The number of alkyl halides is 1. The summed E-state index contributed by atoms with van der Waals surface area (Å²) in [6.07, 6.45) is 2.90. The number of amides is 1. The fourth-order valence-corrected chi connectivity index (χ4v) is 2.52. The van der Waals surface area contributed by atoms with E-state index in [9.17, 15) is 4.79 Å². The van der Waals surface area contributed by atoms with E-state index in [0.717, 1.165) is 31.4 Å². The lowest BCUT2D eigenvalue weighted by Gasteiger charge is -2.33. The number of hydrogen-bond donors (Lipinski definition) is 0. The molecule has 1 aliphatic rings. The minimum atomic E-state index is -0.246. The average molecular weight is 268 g/mol. The fraction of sp³-hybridized carbons (Fsp3) is 0.500. The Morgan fingerprint density at radius 1 is 1.33 bits per heavy atom. The lowest BCUT2D eigenvalue weighted by molar-refractivity contribution is 0.0728. The predicted molar refractivity (Wildman–Crippen MR) is 71.7 cm³/mol. The van der Waals surface area contributed by atoms with Crippen LogP contribution in [0.5, 0.6) is 0 Å². The van der Waals surface area contributed by atoms with Gasteiger partial charge in [0, 0.05) is 18.5 Å². The van der Waals surface area contributed by atoms with Gasteiger partial charge in [-0.05, 0) is 24.8 Å². The van der Waals surface area contributed by atoms with E-state index in [0.29, 0.717) is 12.5 Å². The molecule has 0 unspecified atom stereocenters. The molecule has 0 saturated carbocycles.